The molecule has 1 amide bonds. The quantitative estimate of drug-likeness (QED) is 0.314. The third-order valence-corrected chi connectivity index (χ3v) is 9.36. The normalized spacial score (nSPS) is 13.8. The highest BCUT2D eigenvalue weighted by Crippen LogP contribution is 2.46. The lowest BCUT2D eigenvalue weighted by Crippen LogP contribution is -2.42. The average molecular weight is 561 g/mol. The SMILES string of the molecule is CN(c1cnccn1)S(=O)(=O)C1(COc2nncc3cc(C(=O)NCc4ccc(C#N)cc4)c(=O)n(C)c23)CC1. The first-order chi connectivity index (χ1) is 19.2. The predicted molar refractivity (Wildman–Crippen MR) is 144 cm³/mol. The lowest BCUT2D eigenvalue weighted by Gasteiger charge is -2.24. The topological polar surface area (TPSA) is 173 Å². The second-order valence-electron chi connectivity index (χ2n) is 9.38. The van der Waals surface area contributed by atoms with Crippen LogP contribution in [0.15, 0.2) is 59.9 Å². The molecule has 1 fully saturated rings. The van der Waals surface area contributed by atoms with Crippen LogP contribution in [-0.4, -0.2) is 57.5 Å². The molecule has 0 aliphatic heterocycles. The average Bonchev–Trinajstić information content (AvgIpc) is 3.78. The summed E-state index contributed by atoms with van der Waals surface area (Å²) in [5.41, 5.74) is 0.855. The van der Waals surface area contributed by atoms with Crippen LogP contribution in [0.5, 0.6) is 5.88 Å². The van der Waals surface area contributed by atoms with Gasteiger partial charge in [0.1, 0.15) is 22.4 Å². The van der Waals surface area contributed by atoms with Gasteiger partial charge in [-0.1, -0.05) is 12.1 Å². The Morgan fingerprint density at radius 3 is 2.62 bits per heavy atom. The van der Waals surface area contributed by atoms with E-state index in [2.05, 4.69) is 25.5 Å². The molecule has 1 aliphatic rings. The van der Waals surface area contributed by atoms with E-state index in [1.165, 1.54) is 49.5 Å². The summed E-state index contributed by atoms with van der Waals surface area (Å²) in [6.07, 6.45) is 6.36. The number of aryl methyl sites for hydroxylation is 1. The third kappa shape index (κ3) is 4.82. The predicted octanol–water partition coefficient (Wildman–Crippen LogP) is 1.30. The molecule has 0 unspecified atom stereocenters. The maximum atomic E-state index is 13.4. The molecule has 0 spiro atoms. The molecular weight excluding hydrogens is 536 g/mol. The third-order valence-electron chi connectivity index (χ3n) is 6.83. The Kier molecular flexibility index (Phi) is 6.90. The molecule has 14 heteroatoms. The van der Waals surface area contributed by atoms with Gasteiger partial charge in [0.25, 0.3) is 17.3 Å². The fourth-order valence-electron chi connectivity index (χ4n) is 4.24. The van der Waals surface area contributed by atoms with Crippen molar-refractivity contribution in [2.75, 3.05) is 18.0 Å². The Hall–Kier alpha value is -4.90. The molecule has 4 aromatic rings. The molecule has 5 rings (SSSR count). The van der Waals surface area contributed by atoms with Gasteiger partial charge in [-0.05, 0) is 36.6 Å². The molecule has 3 heterocycles. The molecule has 0 bridgehead atoms. The van der Waals surface area contributed by atoms with E-state index in [1.54, 1.807) is 24.3 Å². The summed E-state index contributed by atoms with van der Waals surface area (Å²) >= 11 is 0. The van der Waals surface area contributed by atoms with Crippen LogP contribution in [-0.2, 0) is 23.6 Å². The molecule has 0 saturated heterocycles. The number of aromatic nitrogens is 5. The van der Waals surface area contributed by atoms with Crippen LogP contribution >= 0.6 is 0 Å². The molecular formula is C26H24N8O5S. The first kappa shape index (κ1) is 26.7. The maximum Gasteiger partial charge on any atom is 0.263 e. The molecule has 1 aliphatic carbocycles. The largest absolute Gasteiger partial charge is 0.473 e. The first-order valence-corrected chi connectivity index (χ1v) is 13.6. The van der Waals surface area contributed by atoms with E-state index in [1.807, 2.05) is 6.07 Å². The van der Waals surface area contributed by atoms with E-state index in [9.17, 15) is 18.0 Å². The summed E-state index contributed by atoms with van der Waals surface area (Å²) in [6.45, 7) is -0.0526. The van der Waals surface area contributed by atoms with Crippen LogP contribution in [0.1, 0.15) is 34.3 Å². The molecule has 204 valence electrons. The van der Waals surface area contributed by atoms with Crippen molar-refractivity contribution in [2.45, 2.75) is 24.1 Å². The monoisotopic (exact) mass is 560 g/mol. The number of carbonyl (C=O) groups excluding carboxylic acids is 1. The van der Waals surface area contributed by atoms with Crippen molar-refractivity contribution in [1.29, 1.82) is 5.26 Å². The van der Waals surface area contributed by atoms with Gasteiger partial charge in [0, 0.05) is 38.4 Å². The van der Waals surface area contributed by atoms with Crippen molar-refractivity contribution in [3.05, 3.63) is 82.2 Å². The van der Waals surface area contributed by atoms with Crippen molar-refractivity contribution in [2.24, 2.45) is 7.05 Å². The zero-order valence-electron chi connectivity index (χ0n) is 21.6. The van der Waals surface area contributed by atoms with Crippen LogP contribution in [0.3, 0.4) is 0 Å². The standard InChI is InChI=1S/C26H24N8O5S/c1-33-22-19(11-20(25(33)36)23(35)30-13-18-5-3-17(12-27)4-6-18)14-31-32-24(22)39-16-26(7-8-26)40(37,38)34(2)21-15-28-9-10-29-21/h3-6,9-11,14-15H,7-8,13,16H2,1-2H3,(H,30,35). The van der Waals surface area contributed by atoms with Crippen molar-refractivity contribution >= 4 is 32.7 Å². The van der Waals surface area contributed by atoms with Crippen LogP contribution in [0, 0.1) is 11.3 Å². The summed E-state index contributed by atoms with van der Waals surface area (Å²) < 4.78 is 33.7. The molecule has 0 radical (unpaired) electrons. The van der Waals surface area contributed by atoms with Crippen LogP contribution in [0.4, 0.5) is 5.82 Å². The number of sulfonamides is 1. The number of amides is 1. The van der Waals surface area contributed by atoms with Gasteiger partial charge in [-0.2, -0.15) is 10.4 Å². The first-order valence-electron chi connectivity index (χ1n) is 12.2. The van der Waals surface area contributed by atoms with Gasteiger partial charge < -0.3 is 14.6 Å². The van der Waals surface area contributed by atoms with E-state index in [-0.39, 0.29) is 35.9 Å². The number of anilines is 1. The van der Waals surface area contributed by atoms with E-state index in [0.717, 1.165) is 9.87 Å². The van der Waals surface area contributed by atoms with Crippen molar-refractivity contribution < 1.29 is 17.9 Å². The van der Waals surface area contributed by atoms with Gasteiger partial charge in [-0.3, -0.25) is 18.9 Å². The highest BCUT2D eigenvalue weighted by Gasteiger charge is 2.57. The van der Waals surface area contributed by atoms with E-state index < -0.39 is 26.2 Å². The van der Waals surface area contributed by atoms with Crippen LogP contribution < -0.4 is 19.9 Å². The number of nitrogens with one attached hydrogen (secondary N) is 1. The second kappa shape index (κ2) is 10.3. The Morgan fingerprint density at radius 2 is 1.98 bits per heavy atom. The molecule has 1 N–H and O–H groups in total. The van der Waals surface area contributed by atoms with Gasteiger partial charge >= 0.3 is 0 Å². The Bertz CT molecular complexity index is 1800. The van der Waals surface area contributed by atoms with Crippen LogP contribution in [0.2, 0.25) is 0 Å². The van der Waals surface area contributed by atoms with E-state index >= 15 is 0 Å². The number of hydrogen-bond donors (Lipinski definition) is 1. The van der Waals surface area contributed by atoms with Gasteiger partial charge in [0.05, 0.1) is 24.0 Å². The highest BCUT2D eigenvalue weighted by atomic mass is 32.2. The van der Waals surface area contributed by atoms with Gasteiger partial charge in [0.15, 0.2) is 5.82 Å². The molecule has 0 atom stereocenters. The van der Waals surface area contributed by atoms with Crippen molar-refractivity contribution in [1.82, 2.24) is 30.0 Å². The number of ether oxygens (including phenoxy) is 1. The fourth-order valence-corrected chi connectivity index (χ4v) is 5.98. The minimum atomic E-state index is -3.85. The number of benzene rings is 1. The molecule has 1 aromatic carbocycles. The smallest absolute Gasteiger partial charge is 0.263 e. The van der Waals surface area contributed by atoms with Gasteiger partial charge in [-0.15, -0.1) is 5.10 Å². The number of rotatable bonds is 9. The number of carbonyl (C=O) groups is 1. The second-order valence-corrected chi connectivity index (χ2v) is 11.7. The number of nitrogens with zero attached hydrogens (tertiary/aromatic N) is 7. The lowest BCUT2D eigenvalue weighted by atomic mass is 10.1. The Labute approximate surface area is 229 Å². The molecule has 3 aromatic heterocycles. The number of fused-ring (bicyclic) bond motifs is 1. The molecule has 1 saturated carbocycles. The fraction of sp³-hybridized carbons (Fsp3) is 0.269. The molecule has 40 heavy (non-hydrogen) atoms. The number of pyridine rings is 1. The minimum absolute atomic E-state index is 0.0229. The van der Waals surface area contributed by atoms with Crippen LogP contribution in [0.25, 0.3) is 10.9 Å². The summed E-state index contributed by atoms with van der Waals surface area (Å²) in [7, 11) is -0.967. The number of nitriles is 1. The highest BCUT2D eigenvalue weighted by molar-refractivity contribution is 7.94. The minimum Gasteiger partial charge on any atom is -0.473 e. The molecule has 13 nitrogen and oxygen atoms in total. The Balaban J connectivity index is 1.36. The maximum absolute atomic E-state index is 13.4. The lowest BCUT2D eigenvalue weighted by molar-refractivity contribution is 0.0949. The zero-order valence-corrected chi connectivity index (χ0v) is 22.4. The van der Waals surface area contributed by atoms with E-state index in [4.69, 9.17) is 10.00 Å². The summed E-state index contributed by atoms with van der Waals surface area (Å²) in [5, 5.41) is 20.0. The summed E-state index contributed by atoms with van der Waals surface area (Å²) in [5.74, 6) is -0.419. The van der Waals surface area contributed by atoms with Crippen molar-refractivity contribution in [3.8, 4) is 11.9 Å². The van der Waals surface area contributed by atoms with Gasteiger partial charge in [0.2, 0.25) is 10.0 Å². The Morgan fingerprint density at radius 1 is 1.23 bits per heavy atom. The number of hydrogen-bond acceptors (Lipinski definition) is 10. The van der Waals surface area contributed by atoms with Crippen molar-refractivity contribution in [3.63, 3.8) is 0 Å². The van der Waals surface area contributed by atoms with Gasteiger partial charge in [-0.25, -0.2) is 13.4 Å². The summed E-state index contributed by atoms with van der Waals surface area (Å²) in [4.78, 5) is 34.0. The zero-order chi connectivity index (χ0) is 28.5. The van der Waals surface area contributed by atoms with E-state index in [0.29, 0.717) is 23.8 Å². The summed E-state index contributed by atoms with van der Waals surface area (Å²) in [6, 6.07) is 10.1.